The van der Waals surface area contributed by atoms with Crippen LogP contribution >= 0.6 is 0 Å². The number of rotatable bonds is 45. The normalized spacial score (nSPS) is 20.8. The van der Waals surface area contributed by atoms with Crippen molar-refractivity contribution in [1.82, 2.24) is 5.32 Å². The zero-order valence-corrected chi connectivity index (χ0v) is 40.7. The molecule has 1 aliphatic rings. The van der Waals surface area contributed by atoms with Crippen molar-refractivity contribution in [3.05, 3.63) is 24.3 Å². The lowest BCUT2D eigenvalue weighted by atomic mass is 9.99. The first kappa shape index (κ1) is 59.6. The van der Waals surface area contributed by atoms with E-state index < -0.39 is 61.5 Å². The molecule has 1 aliphatic heterocycles. The summed E-state index contributed by atoms with van der Waals surface area (Å²) in [6.45, 7) is 3.63. The molecule has 8 unspecified atom stereocenters. The fourth-order valence-electron chi connectivity index (χ4n) is 8.51. The minimum absolute atomic E-state index is 0.305. The molecule has 8 atom stereocenters. The van der Waals surface area contributed by atoms with Crippen LogP contribution in [0.5, 0.6) is 0 Å². The van der Waals surface area contributed by atoms with Crippen LogP contribution in [-0.4, -0.2) is 98.7 Å². The Labute approximate surface area is 386 Å². The third-order valence-corrected chi connectivity index (χ3v) is 12.9. The summed E-state index contributed by atoms with van der Waals surface area (Å²) in [5.74, 6) is -0.618. The van der Waals surface area contributed by atoms with Crippen LogP contribution in [0.1, 0.15) is 245 Å². The van der Waals surface area contributed by atoms with Gasteiger partial charge in [-0.05, 0) is 44.9 Å². The van der Waals surface area contributed by atoms with Crippen LogP contribution in [0.2, 0.25) is 0 Å². The lowest BCUT2D eigenvalue weighted by molar-refractivity contribution is -0.302. The summed E-state index contributed by atoms with van der Waals surface area (Å²) in [7, 11) is 0. The molecule has 0 aromatic rings. The molecule has 0 aromatic heterocycles. The Morgan fingerprint density at radius 2 is 0.921 bits per heavy atom. The molecule has 0 radical (unpaired) electrons. The summed E-state index contributed by atoms with van der Waals surface area (Å²) in [5, 5.41) is 64.9. The second-order valence-electron chi connectivity index (χ2n) is 18.8. The van der Waals surface area contributed by atoms with E-state index in [1.807, 2.05) is 6.08 Å². The number of hydrogen-bond donors (Lipinski definition) is 7. The number of carbonyl (C=O) groups excluding carboxylic acids is 1. The van der Waals surface area contributed by atoms with Gasteiger partial charge in [0, 0.05) is 0 Å². The van der Waals surface area contributed by atoms with Gasteiger partial charge in [0.2, 0.25) is 5.91 Å². The molecule has 0 spiro atoms. The first-order valence-electron chi connectivity index (χ1n) is 26.7. The lowest BCUT2D eigenvalue weighted by Gasteiger charge is -2.40. The molecule has 10 nitrogen and oxygen atoms in total. The Hall–Kier alpha value is -1.37. The molecule has 63 heavy (non-hydrogen) atoms. The van der Waals surface area contributed by atoms with Crippen molar-refractivity contribution < 1.29 is 44.9 Å². The van der Waals surface area contributed by atoms with Gasteiger partial charge in [0.1, 0.15) is 30.5 Å². The number of allylic oxidation sites excluding steroid dienone is 3. The van der Waals surface area contributed by atoms with Gasteiger partial charge in [-0.1, -0.05) is 224 Å². The minimum atomic E-state index is -1.61. The van der Waals surface area contributed by atoms with Crippen LogP contribution in [0.15, 0.2) is 24.3 Å². The predicted octanol–water partition coefficient (Wildman–Crippen LogP) is 11.2. The highest BCUT2D eigenvalue weighted by Crippen LogP contribution is 2.23. The maximum Gasteiger partial charge on any atom is 0.249 e. The summed E-state index contributed by atoms with van der Waals surface area (Å²) >= 11 is 0. The molecule has 1 rings (SSSR count). The summed E-state index contributed by atoms with van der Waals surface area (Å²) < 4.78 is 11.2. The second-order valence-corrected chi connectivity index (χ2v) is 18.8. The van der Waals surface area contributed by atoms with Crippen LogP contribution in [0.25, 0.3) is 0 Å². The average Bonchev–Trinajstić information content (AvgIpc) is 3.28. The molecule has 1 fully saturated rings. The fraction of sp³-hybridized carbons (Fsp3) is 0.906. The van der Waals surface area contributed by atoms with E-state index in [0.717, 1.165) is 44.9 Å². The maximum absolute atomic E-state index is 13.1. The van der Waals surface area contributed by atoms with Gasteiger partial charge in [-0.15, -0.1) is 0 Å². The molecule has 1 heterocycles. The van der Waals surface area contributed by atoms with Gasteiger partial charge < -0.3 is 45.4 Å². The smallest absolute Gasteiger partial charge is 0.249 e. The predicted molar refractivity (Wildman–Crippen MR) is 260 cm³/mol. The summed E-state index contributed by atoms with van der Waals surface area (Å²) in [5.41, 5.74) is 0. The van der Waals surface area contributed by atoms with Gasteiger partial charge in [0.25, 0.3) is 0 Å². The minimum Gasteiger partial charge on any atom is -0.394 e. The zero-order valence-electron chi connectivity index (χ0n) is 40.7. The van der Waals surface area contributed by atoms with Crippen molar-refractivity contribution in [2.45, 2.75) is 294 Å². The standard InChI is InChI=1S/C53H101NO9/c1-3-5-7-9-11-13-15-17-19-21-22-23-24-26-28-30-32-34-36-38-40-42-47(57)52(61)54-45(44-62-53-51(60)50(59)49(58)48(43-55)63-53)46(56)41-39-37-35-33-31-29-27-25-20-18-16-14-12-10-8-6-4-2/h24,26,39,41,45-51,53,55-60H,3-23,25,27-38,40,42-44H2,1-2H3,(H,54,61)/b26-24-,41-39+. The molecular weight excluding hydrogens is 795 g/mol. The molecular formula is C53H101NO9. The number of aliphatic hydroxyl groups is 6. The Kier molecular flexibility index (Phi) is 40.9. The third kappa shape index (κ3) is 32.9. The highest BCUT2D eigenvalue weighted by molar-refractivity contribution is 5.80. The first-order chi connectivity index (χ1) is 30.8. The van der Waals surface area contributed by atoms with Gasteiger partial charge >= 0.3 is 0 Å². The lowest BCUT2D eigenvalue weighted by Crippen LogP contribution is -2.60. The Morgan fingerprint density at radius 1 is 0.540 bits per heavy atom. The van der Waals surface area contributed by atoms with Gasteiger partial charge in [-0.25, -0.2) is 0 Å². The van der Waals surface area contributed by atoms with Crippen LogP contribution in [0, 0.1) is 0 Å². The van der Waals surface area contributed by atoms with Crippen molar-refractivity contribution in [1.29, 1.82) is 0 Å². The van der Waals surface area contributed by atoms with Crippen molar-refractivity contribution in [2.24, 2.45) is 0 Å². The van der Waals surface area contributed by atoms with Crippen LogP contribution in [-0.2, 0) is 14.3 Å². The van der Waals surface area contributed by atoms with E-state index in [9.17, 15) is 35.4 Å². The zero-order chi connectivity index (χ0) is 46.0. The van der Waals surface area contributed by atoms with E-state index in [1.54, 1.807) is 6.08 Å². The highest BCUT2D eigenvalue weighted by atomic mass is 16.7. The number of carbonyl (C=O) groups is 1. The third-order valence-electron chi connectivity index (χ3n) is 12.9. The van der Waals surface area contributed by atoms with Gasteiger partial charge in [0.15, 0.2) is 6.29 Å². The van der Waals surface area contributed by atoms with E-state index in [2.05, 4.69) is 31.3 Å². The SMILES string of the molecule is CCCCCCCCCCCCC/C=C\CCCCCCCCC(O)C(=O)NC(COC1OC(CO)C(O)C(O)C1O)C(O)/C=C/CCCCCCCCCCCCCCCCC. The molecule has 0 bridgehead atoms. The van der Waals surface area contributed by atoms with Crippen molar-refractivity contribution >= 4 is 5.91 Å². The monoisotopic (exact) mass is 896 g/mol. The maximum atomic E-state index is 13.1. The van der Waals surface area contributed by atoms with E-state index in [-0.39, 0.29) is 6.61 Å². The number of unbranched alkanes of at least 4 members (excludes halogenated alkanes) is 32. The summed E-state index contributed by atoms with van der Waals surface area (Å²) in [6.07, 6.45) is 42.6. The molecule has 1 saturated heterocycles. The summed E-state index contributed by atoms with van der Waals surface area (Å²) in [4.78, 5) is 13.1. The first-order valence-corrected chi connectivity index (χ1v) is 26.7. The summed E-state index contributed by atoms with van der Waals surface area (Å²) in [6, 6.07) is -0.981. The largest absolute Gasteiger partial charge is 0.394 e. The van der Waals surface area contributed by atoms with Crippen LogP contribution in [0.4, 0.5) is 0 Å². The number of aliphatic hydroxyl groups excluding tert-OH is 6. The van der Waals surface area contributed by atoms with Crippen molar-refractivity contribution in [3.63, 3.8) is 0 Å². The number of hydrogen-bond acceptors (Lipinski definition) is 9. The van der Waals surface area contributed by atoms with Crippen molar-refractivity contribution in [3.8, 4) is 0 Å². The Morgan fingerprint density at radius 3 is 1.33 bits per heavy atom. The van der Waals surface area contributed by atoms with E-state index in [0.29, 0.717) is 12.8 Å². The average molecular weight is 896 g/mol. The highest BCUT2D eigenvalue weighted by Gasteiger charge is 2.44. The number of amides is 1. The van der Waals surface area contributed by atoms with E-state index >= 15 is 0 Å². The van der Waals surface area contributed by atoms with Gasteiger partial charge in [-0.2, -0.15) is 0 Å². The number of nitrogens with one attached hydrogen (secondary N) is 1. The quantitative estimate of drug-likeness (QED) is 0.0232. The van der Waals surface area contributed by atoms with Crippen LogP contribution < -0.4 is 5.32 Å². The molecule has 0 aromatic carbocycles. The molecule has 10 heteroatoms. The Bertz CT molecular complexity index is 1060. The van der Waals surface area contributed by atoms with Gasteiger partial charge in [-0.3, -0.25) is 4.79 Å². The van der Waals surface area contributed by atoms with E-state index in [4.69, 9.17) is 9.47 Å². The molecule has 372 valence electrons. The van der Waals surface area contributed by atoms with E-state index in [1.165, 1.54) is 173 Å². The second kappa shape index (κ2) is 43.2. The Balaban J connectivity index is 2.33. The van der Waals surface area contributed by atoms with Crippen molar-refractivity contribution in [2.75, 3.05) is 13.2 Å². The van der Waals surface area contributed by atoms with Crippen LogP contribution in [0.3, 0.4) is 0 Å². The molecule has 0 saturated carbocycles. The molecule has 0 aliphatic carbocycles. The fourth-order valence-corrected chi connectivity index (χ4v) is 8.51. The van der Waals surface area contributed by atoms with Gasteiger partial charge in [0.05, 0.1) is 25.4 Å². The molecule has 1 amide bonds. The molecule has 7 N–H and O–H groups in total. The topological polar surface area (TPSA) is 169 Å². The number of ether oxygens (including phenoxy) is 2.